The molecule has 0 aliphatic carbocycles. The van der Waals surface area contributed by atoms with E-state index in [9.17, 15) is 14.7 Å². The van der Waals surface area contributed by atoms with Gasteiger partial charge in [0.05, 0.1) is 11.4 Å². The first kappa shape index (κ1) is 19.7. The average Bonchev–Trinajstić information content (AvgIpc) is 3.38. The summed E-state index contributed by atoms with van der Waals surface area (Å²) in [6, 6.07) is 2.00. The number of carboxylic acids is 1. The first-order valence-electron chi connectivity index (χ1n) is 9.57. The average molecular weight is 420 g/mol. The van der Waals surface area contributed by atoms with Gasteiger partial charge in [-0.2, -0.15) is 0 Å². The van der Waals surface area contributed by atoms with Crippen LogP contribution < -0.4 is 0 Å². The molecule has 2 aliphatic rings. The van der Waals surface area contributed by atoms with Crippen LogP contribution in [-0.2, 0) is 17.9 Å². The monoisotopic (exact) mass is 419 g/mol. The molecule has 150 valence electrons. The predicted octanol–water partition coefficient (Wildman–Crippen LogP) is 3.21. The van der Waals surface area contributed by atoms with Crippen LogP contribution in [0, 0.1) is 11.3 Å². The molecule has 2 aliphatic heterocycles. The van der Waals surface area contributed by atoms with Crippen LogP contribution >= 0.6 is 22.7 Å². The van der Waals surface area contributed by atoms with E-state index in [0.717, 1.165) is 55.6 Å². The van der Waals surface area contributed by atoms with Gasteiger partial charge >= 0.3 is 5.97 Å². The van der Waals surface area contributed by atoms with Crippen LogP contribution in [0.5, 0.6) is 0 Å². The molecular weight excluding hydrogens is 394 g/mol. The Labute approximate surface area is 172 Å². The van der Waals surface area contributed by atoms with E-state index in [1.54, 1.807) is 18.3 Å². The molecule has 6 nitrogen and oxygen atoms in total. The standard InChI is InChI=1S/C20H25N3O3S2/c1-14(24)17-6-15(11-28-17)7-22-8-16-9-23(10-18-21-4-5-27-18)13-20(16,12-22)3-2-19(25)26/h4-6,11,16H,2-3,7-10,12-13H2,1H3,(H,25,26). The summed E-state index contributed by atoms with van der Waals surface area (Å²) in [7, 11) is 0. The Kier molecular flexibility index (Phi) is 5.64. The number of carbonyl (C=O) groups is 2. The third-order valence-corrected chi connectivity index (χ3v) is 7.83. The molecule has 0 radical (unpaired) electrons. The smallest absolute Gasteiger partial charge is 0.303 e. The van der Waals surface area contributed by atoms with Gasteiger partial charge in [-0.1, -0.05) is 0 Å². The van der Waals surface area contributed by atoms with Gasteiger partial charge in [0, 0.05) is 56.1 Å². The highest BCUT2D eigenvalue weighted by Crippen LogP contribution is 2.46. The Morgan fingerprint density at radius 1 is 1.25 bits per heavy atom. The van der Waals surface area contributed by atoms with Crippen molar-refractivity contribution in [3.63, 3.8) is 0 Å². The Morgan fingerprint density at radius 3 is 2.61 bits per heavy atom. The quantitative estimate of drug-likeness (QED) is 0.663. The molecule has 0 aromatic carbocycles. The molecule has 2 fully saturated rings. The molecule has 2 aromatic rings. The maximum absolute atomic E-state index is 11.6. The number of aromatic nitrogens is 1. The second-order valence-corrected chi connectivity index (χ2v) is 9.98. The number of thiophene rings is 1. The second-order valence-electron chi connectivity index (χ2n) is 8.09. The van der Waals surface area contributed by atoms with Crippen molar-refractivity contribution < 1.29 is 14.7 Å². The molecule has 2 aromatic heterocycles. The summed E-state index contributed by atoms with van der Waals surface area (Å²) >= 11 is 3.19. The number of fused-ring (bicyclic) bond motifs is 1. The summed E-state index contributed by atoms with van der Waals surface area (Å²) < 4.78 is 0. The maximum Gasteiger partial charge on any atom is 0.303 e. The van der Waals surface area contributed by atoms with E-state index in [0.29, 0.717) is 5.92 Å². The van der Waals surface area contributed by atoms with Gasteiger partial charge in [0.25, 0.3) is 0 Å². The topological polar surface area (TPSA) is 73.7 Å². The number of carboxylic acid groups (broad SMARTS) is 1. The maximum atomic E-state index is 11.6. The number of ketones is 1. The van der Waals surface area contributed by atoms with E-state index < -0.39 is 5.97 Å². The number of hydrogen-bond donors (Lipinski definition) is 1. The fraction of sp³-hybridized carbons (Fsp3) is 0.550. The van der Waals surface area contributed by atoms with Crippen molar-refractivity contribution >= 4 is 34.4 Å². The van der Waals surface area contributed by atoms with Crippen LogP contribution in [-0.4, -0.2) is 57.8 Å². The van der Waals surface area contributed by atoms with Gasteiger partial charge in [-0.3, -0.25) is 19.4 Å². The summed E-state index contributed by atoms with van der Waals surface area (Å²) in [5.74, 6) is -0.114. The minimum Gasteiger partial charge on any atom is -0.481 e. The summed E-state index contributed by atoms with van der Waals surface area (Å²) in [6.45, 7) is 7.13. The molecular formula is C20H25N3O3S2. The number of aliphatic carboxylic acids is 1. The van der Waals surface area contributed by atoms with Crippen molar-refractivity contribution in [2.75, 3.05) is 26.2 Å². The minimum absolute atomic E-state index is 0.0368. The minimum atomic E-state index is -0.714. The molecule has 2 atom stereocenters. The number of likely N-dealkylation sites (tertiary alicyclic amines) is 2. The highest BCUT2D eigenvalue weighted by atomic mass is 32.1. The molecule has 1 N–H and O–H groups in total. The zero-order chi connectivity index (χ0) is 19.7. The van der Waals surface area contributed by atoms with Crippen molar-refractivity contribution in [3.05, 3.63) is 38.5 Å². The third kappa shape index (κ3) is 4.20. The van der Waals surface area contributed by atoms with Crippen molar-refractivity contribution in [2.45, 2.75) is 32.9 Å². The van der Waals surface area contributed by atoms with Crippen molar-refractivity contribution in [3.8, 4) is 0 Å². The van der Waals surface area contributed by atoms with E-state index in [2.05, 4.69) is 20.2 Å². The van der Waals surface area contributed by atoms with Crippen molar-refractivity contribution in [1.29, 1.82) is 0 Å². The molecule has 0 saturated carbocycles. The Morgan fingerprint density at radius 2 is 2.00 bits per heavy atom. The van der Waals surface area contributed by atoms with Crippen LogP contribution in [0.15, 0.2) is 23.0 Å². The number of hydrogen-bond acceptors (Lipinski definition) is 7. The van der Waals surface area contributed by atoms with Crippen molar-refractivity contribution in [1.82, 2.24) is 14.8 Å². The molecule has 0 bridgehead atoms. The van der Waals surface area contributed by atoms with Gasteiger partial charge in [0.2, 0.25) is 0 Å². The summed E-state index contributed by atoms with van der Waals surface area (Å²) in [6.07, 6.45) is 2.79. The highest BCUT2D eigenvalue weighted by Gasteiger charge is 2.51. The van der Waals surface area contributed by atoms with Crippen LogP contribution in [0.3, 0.4) is 0 Å². The second kappa shape index (κ2) is 8.02. The molecule has 4 heterocycles. The zero-order valence-electron chi connectivity index (χ0n) is 16.0. The molecule has 2 saturated heterocycles. The molecule has 4 rings (SSSR count). The predicted molar refractivity (Wildman–Crippen MR) is 110 cm³/mol. The van der Waals surface area contributed by atoms with Gasteiger partial charge in [0.1, 0.15) is 5.01 Å². The normalized spacial score (nSPS) is 25.2. The van der Waals surface area contributed by atoms with Gasteiger partial charge in [-0.15, -0.1) is 22.7 Å². The van der Waals surface area contributed by atoms with E-state index >= 15 is 0 Å². The number of rotatable bonds is 8. The third-order valence-electron chi connectivity index (χ3n) is 5.99. The summed E-state index contributed by atoms with van der Waals surface area (Å²) in [5, 5.41) is 14.5. The van der Waals surface area contributed by atoms with E-state index in [1.807, 2.05) is 17.6 Å². The lowest BCUT2D eigenvalue weighted by atomic mass is 9.77. The summed E-state index contributed by atoms with van der Waals surface area (Å²) in [5.41, 5.74) is 1.22. The SMILES string of the molecule is CC(=O)c1cc(CN2CC3CN(Cc4nccs4)CC3(CCC(=O)O)C2)cs1. The van der Waals surface area contributed by atoms with E-state index in [1.165, 1.54) is 16.9 Å². The van der Waals surface area contributed by atoms with Crippen LogP contribution in [0.2, 0.25) is 0 Å². The lowest BCUT2D eigenvalue weighted by Gasteiger charge is -2.29. The number of Topliss-reactive ketones (excluding diaryl/α,β-unsaturated/α-hetero) is 1. The molecule has 0 spiro atoms. The summed E-state index contributed by atoms with van der Waals surface area (Å²) in [4.78, 5) is 32.9. The first-order valence-corrected chi connectivity index (χ1v) is 11.3. The van der Waals surface area contributed by atoms with Crippen LogP contribution in [0.1, 0.15) is 40.0 Å². The Balaban J connectivity index is 1.44. The molecule has 8 heteroatoms. The zero-order valence-corrected chi connectivity index (χ0v) is 17.6. The van der Waals surface area contributed by atoms with E-state index in [4.69, 9.17) is 0 Å². The molecule has 28 heavy (non-hydrogen) atoms. The lowest BCUT2D eigenvalue weighted by molar-refractivity contribution is -0.137. The van der Waals surface area contributed by atoms with Gasteiger partial charge in [-0.25, -0.2) is 4.98 Å². The fourth-order valence-corrected chi connectivity index (χ4v) is 6.24. The Bertz CT molecular complexity index is 851. The van der Waals surface area contributed by atoms with Crippen LogP contribution in [0.4, 0.5) is 0 Å². The largest absolute Gasteiger partial charge is 0.481 e. The fourth-order valence-electron chi connectivity index (χ4n) is 4.78. The number of nitrogens with zero attached hydrogens (tertiary/aromatic N) is 3. The van der Waals surface area contributed by atoms with E-state index in [-0.39, 0.29) is 17.6 Å². The van der Waals surface area contributed by atoms with Crippen molar-refractivity contribution in [2.24, 2.45) is 11.3 Å². The Hall–Kier alpha value is -1.61. The number of thiazole rings is 1. The highest BCUT2D eigenvalue weighted by molar-refractivity contribution is 7.12. The van der Waals surface area contributed by atoms with Crippen LogP contribution in [0.25, 0.3) is 0 Å². The lowest BCUT2D eigenvalue weighted by Crippen LogP contribution is -2.34. The van der Waals surface area contributed by atoms with Gasteiger partial charge in [0.15, 0.2) is 5.78 Å². The van der Waals surface area contributed by atoms with Gasteiger partial charge < -0.3 is 5.11 Å². The number of carbonyl (C=O) groups excluding carboxylic acids is 1. The van der Waals surface area contributed by atoms with Gasteiger partial charge in [-0.05, 0) is 36.3 Å². The molecule has 2 unspecified atom stereocenters. The first-order chi connectivity index (χ1) is 13.4. The molecule has 0 amide bonds.